The third-order valence-corrected chi connectivity index (χ3v) is 3.81. The molecule has 0 spiro atoms. The smallest absolute Gasteiger partial charge is 0.157 e. The molecule has 0 bridgehead atoms. The summed E-state index contributed by atoms with van der Waals surface area (Å²) >= 11 is 0. The molecule has 0 saturated carbocycles. The molecule has 0 aromatic carbocycles. The average molecular weight is 263 g/mol. The van der Waals surface area contributed by atoms with Crippen LogP contribution in [0.15, 0.2) is 6.20 Å². The molecule has 106 valence electrons. The van der Waals surface area contributed by atoms with Crippen LogP contribution in [0.2, 0.25) is 0 Å². The lowest BCUT2D eigenvalue weighted by molar-refractivity contribution is 0.0229. The molecule has 4 nitrogen and oxygen atoms in total. The minimum atomic E-state index is 0.00234. The van der Waals surface area contributed by atoms with Gasteiger partial charge in [-0.25, -0.2) is 9.97 Å². The summed E-state index contributed by atoms with van der Waals surface area (Å²) in [7, 11) is 0. The van der Waals surface area contributed by atoms with Crippen molar-refractivity contribution >= 4 is 0 Å². The van der Waals surface area contributed by atoms with Gasteiger partial charge in [0.05, 0.1) is 0 Å². The van der Waals surface area contributed by atoms with Crippen LogP contribution in [0.5, 0.6) is 0 Å². The number of fused-ring (bicyclic) bond motifs is 1. The maximum absolute atomic E-state index is 5.78. The highest BCUT2D eigenvalue weighted by molar-refractivity contribution is 5.22. The summed E-state index contributed by atoms with van der Waals surface area (Å²) in [6.07, 6.45) is 5.16. The van der Waals surface area contributed by atoms with Crippen LogP contribution in [0.1, 0.15) is 50.4 Å². The fourth-order valence-electron chi connectivity index (χ4n) is 2.68. The normalized spacial score (nSPS) is 20.4. The lowest BCUT2D eigenvalue weighted by Crippen LogP contribution is -2.24. The third-order valence-electron chi connectivity index (χ3n) is 3.81. The first-order chi connectivity index (χ1) is 9.15. The van der Waals surface area contributed by atoms with E-state index in [9.17, 15) is 0 Å². The van der Waals surface area contributed by atoms with Gasteiger partial charge in [-0.15, -0.1) is 0 Å². The summed E-state index contributed by atoms with van der Waals surface area (Å²) < 4.78 is 5.78. The van der Waals surface area contributed by atoms with E-state index in [1.54, 1.807) is 0 Å². The summed E-state index contributed by atoms with van der Waals surface area (Å²) in [4.78, 5) is 9.27. The minimum Gasteiger partial charge on any atom is -0.370 e. The second-order valence-corrected chi connectivity index (χ2v) is 5.66. The number of rotatable bonds is 5. The van der Waals surface area contributed by atoms with Crippen molar-refractivity contribution in [1.29, 1.82) is 0 Å². The quantitative estimate of drug-likeness (QED) is 0.885. The van der Waals surface area contributed by atoms with Gasteiger partial charge in [-0.3, -0.25) is 0 Å². The summed E-state index contributed by atoms with van der Waals surface area (Å²) in [5.74, 6) is 1.81. The van der Waals surface area contributed by atoms with Crippen molar-refractivity contribution < 1.29 is 4.74 Å². The number of hydrogen-bond acceptors (Lipinski definition) is 4. The number of ether oxygens (including phenoxy) is 1. The van der Waals surface area contributed by atoms with E-state index >= 15 is 0 Å². The number of nitrogens with two attached hydrogens (primary N) is 1. The van der Waals surface area contributed by atoms with Gasteiger partial charge in [-0.1, -0.05) is 13.8 Å². The summed E-state index contributed by atoms with van der Waals surface area (Å²) in [5.41, 5.74) is 8.22. The first-order valence-corrected chi connectivity index (χ1v) is 7.32. The molecule has 1 aliphatic rings. The molecular weight excluding hydrogens is 238 g/mol. The van der Waals surface area contributed by atoms with Gasteiger partial charge in [0.25, 0.3) is 0 Å². The molecule has 2 atom stereocenters. The van der Waals surface area contributed by atoms with E-state index < -0.39 is 0 Å². The van der Waals surface area contributed by atoms with Crippen LogP contribution in [0, 0.1) is 11.8 Å². The van der Waals surface area contributed by atoms with E-state index in [1.165, 1.54) is 11.3 Å². The van der Waals surface area contributed by atoms with Gasteiger partial charge in [0.2, 0.25) is 0 Å². The van der Waals surface area contributed by atoms with Crippen LogP contribution in [0.25, 0.3) is 0 Å². The van der Waals surface area contributed by atoms with Gasteiger partial charge in [0, 0.05) is 18.5 Å². The first kappa shape index (κ1) is 14.4. The van der Waals surface area contributed by atoms with E-state index in [0.29, 0.717) is 18.4 Å². The van der Waals surface area contributed by atoms with Crippen LogP contribution in [-0.2, 0) is 17.6 Å². The Morgan fingerprint density at radius 3 is 2.89 bits per heavy atom. The Balaban J connectivity index is 2.21. The molecule has 1 heterocycles. The zero-order valence-corrected chi connectivity index (χ0v) is 12.2. The molecule has 2 rings (SSSR count). The Bertz CT molecular complexity index is 420. The Morgan fingerprint density at radius 2 is 2.26 bits per heavy atom. The predicted octanol–water partition coefficient (Wildman–Crippen LogP) is 2.27. The molecule has 1 aromatic rings. The lowest BCUT2D eigenvalue weighted by atomic mass is 9.87. The SMILES string of the molecule is CCOC(c1ncc2c(n1)CCC(CN)C2)C(C)C. The van der Waals surface area contributed by atoms with Crippen molar-refractivity contribution in [2.45, 2.75) is 46.1 Å². The van der Waals surface area contributed by atoms with Crippen molar-refractivity contribution in [3.05, 3.63) is 23.3 Å². The predicted molar refractivity (Wildman–Crippen MR) is 75.8 cm³/mol. The van der Waals surface area contributed by atoms with E-state index in [-0.39, 0.29) is 6.10 Å². The molecule has 0 aliphatic heterocycles. The zero-order chi connectivity index (χ0) is 13.8. The van der Waals surface area contributed by atoms with E-state index in [4.69, 9.17) is 15.5 Å². The highest BCUT2D eigenvalue weighted by Crippen LogP contribution is 2.27. The van der Waals surface area contributed by atoms with Crippen molar-refractivity contribution in [2.24, 2.45) is 17.6 Å². The molecule has 1 aliphatic carbocycles. The van der Waals surface area contributed by atoms with E-state index in [0.717, 1.165) is 31.6 Å². The van der Waals surface area contributed by atoms with Crippen molar-refractivity contribution in [3.63, 3.8) is 0 Å². The number of nitrogens with zero attached hydrogens (tertiary/aromatic N) is 2. The maximum Gasteiger partial charge on any atom is 0.157 e. The van der Waals surface area contributed by atoms with Crippen LogP contribution in [-0.4, -0.2) is 23.1 Å². The summed E-state index contributed by atoms with van der Waals surface area (Å²) in [6, 6.07) is 0. The van der Waals surface area contributed by atoms with Gasteiger partial charge in [0.15, 0.2) is 5.82 Å². The van der Waals surface area contributed by atoms with Crippen LogP contribution >= 0.6 is 0 Å². The van der Waals surface area contributed by atoms with Gasteiger partial charge in [-0.2, -0.15) is 0 Å². The van der Waals surface area contributed by atoms with E-state index in [2.05, 4.69) is 18.8 Å². The molecule has 0 radical (unpaired) electrons. The fraction of sp³-hybridized carbons (Fsp3) is 0.733. The Labute approximate surface area is 115 Å². The van der Waals surface area contributed by atoms with Crippen LogP contribution in [0.3, 0.4) is 0 Å². The monoisotopic (exact) mass is 263 g/mol. The molecule has 2 N–H and O–H groups in total. The number of hydrogen-bond donors (Lipinski definition) is 1. The van der Waals surface area contributed by atoms with E-state index in [1.807, 2.05) is 13.1 Å². The molecule has 0 fully saturated rings. The number of aryl methyl sites for hydroxylation is 1. The van der Waals surface area contributed by atoms with Gasteiger partial charge < -0.3 is 10.5 Å². The fourth-order valence-corrected chi connectivity index (χ4v) is 2.68. The lowest BCUT2D eigenvalue weighted by Gasteiger charge is -2.25. The molecule has 0 amide bonds. The first-order valence-electron chi connectivity index (χ1n) is 7.32. The van der Waals surface area contributed by atoms with Gasteiger partial charge in [-0.05, 0) is 50.1 Å². The Hall–Kier alpha value is -1.00. The molecular formula is C15H25N3O. The second kappa shape index (κ2) is 6.44. The molecule has 19 heavy (non-hydrogen) atoms. The van der Waals surface area contributed by atoms with Crippen molar-refractivity contribution in [2.75, 3.05) is 13.2 Å². The highest BCUT2D eigenvalue weighted by atomic mass is 16.5. The molecule has 0 saturated heterocycles. The molecule has 2 unspecified atom stereocenters. The standard InChI is InChI=1S/C15H25N3O/c1-4-19-14(10(2)3)15-17-9-12-7-11(8-16)5-6-13(12)18-15/h9-11,14H,4-8,16H2,1-3H3. The molecule has 4 heteroatoms. The summed E-state index contributed by atoms with van der Waals surface area (Å²) in [6.45, 7) is 7.76. The third kappa shape index (κ3) is 3.31. The number of aromatic nitrogens is 2. The van der Waals surface area contributed by atoms with Crippen LogP contribution < -0.4 is 5.73 Å². The largest absolute Gasteiger partial charge is 0.370 e. The zero-order valence-electron chi connectivity index (χ0n) is 12.2. The van der Waals surface area contributed by atoms with Gasteiger partial charge in [0.1, 0.15) is 6.10 Å². The van der Waals surface area contributed by atoms with Crippen molar-refractivity contribution in [1.82, 2.24) is 9.97 Å². The summed E-state index contributed by atoms with van der Waals surface area (Å²) in [5, 5.41) is 0. The van der Waals surface area contributed by atoms with Crippen molar-refractivity contribution in [3.8, 4) is 0 Å². The van der Waals surface area contributed by atoms with Crippen LogP contribution in [0.4, 0.5) is 0 Å². The maximum atomic E-state index is 5.78. The highest BCUT2D eigenvalue weighted by Gasteiger charge is 2.23. The topological polar surface area (TPSA) is 61.0 Å². The average Bonchev–Trinajstić information content (AvgIpc) is 2.43. The minimum absolute atomic E-state index is 0.00234. The molecule has 1 aromatic heterocycles. The van der Waals surface area contributed by atoms with Gasteiger partial charge >= 0.3 is 0 Å². The Morgan fingerprint density at radius 1 is 1.47 bits per heavy atom. The Kier molecular flexibility index (Phi) is 4.88. The second-order valence-electron chi connectivity index (χ2n) is 5.66.